The first-order valence-electron chi connectivity index (χ1n) is 9.00. The number of nitrogens with zero attached hydrogens (tertiary/aromatic N) is 3. The molecule has 2 saturated heterocycles. The van der Waals surface area contributed by atoms with E-state index in [2.05, 4.69) is 16.9 Å². The molecule has 0 radical (unpaired) electrons. The monoisotopic (exact) mass is 367 g/mol. The number of rotatable bonds is 6. The lowest BCUT2D eigenvalue weighted by atomic mass is 9.77. The summed E-state index contributed by atoms with van der Waals surface area (Å²) in [5.74, 6) is 0.483. The summed E-state index contributed by atoms with van der Waals surface area (Å²) in [6.45, 7) is 7.03. The molecule has 6 nitrogen and oxygen atoms in total. The third-order valence-electron chi connectivity index (χ3n) is 5.59. The van der Waals surface area contributed by atoms with Gasteiger partial charge in [0.15, 0.2) is 0 Å². The number of piperidine rings is 1. The topological polar surface area (TPSA) is 62.7 Å². The zero-order chi connectivity index (χ0) is 18.1. The number of pyridine rings is 1. The van der Waals surface area contributed by atoms with Crippen LogP contribution in [0.1, 0.15) is 32.3 Å². The Kier molecular flexibility index (Phi) is 5.48. The average Bonchev–Trinajstić information content (AvgIpc) is 2.55. The molecule has 0 saturated carbocycles. The van der Waals surface area contributed by atoms with Crippen molar-refractivity contribution in [2.45, 2.75) is 44.1 Å². The first-order valence-corrected chi connectivity index (χ1v) is 10.5. The van der Waals surface area contributed by atoms with Crippen molar-refractivity contribution >= 4 is 10.0 Å². The Bertz CT molecular complexity index is 672. The number of sulfonamides is 1. The Hall–Kier alpha value is -1.02. The van der Waals surface area contributed by atoms with Gasteiger partial charge in [0, 0.05) is 37.6 Å². The van der Waals surface area contributed by atoms with Crippen molar-refractivity contribution in [2.75, 3.05) is 33.3 Å². The van der Waals surface area contributed by atoms with Gasteiger partial charge in [0.1, 0.15) is 0 Å². The standard InChI is InChI=1S/C18H29N3O3S/c1-15(2)25(22,23)21-13-18(14-21)9-16(6-8-20(18)3)11-24-12-17-5-4-7-19-10-17/h4-5,7,10,15-16H,6,8-9,11-14H2,1-3H3/t16-/m0/s1. The number of aromatic nitrogens is 1. The van der Waals surface area contributed by atoms with Gasteiger partial charge in [-0.05, 0) is 57.8 Å². The SMILES string of the molecule is CC(C)S(=O)(=O)N1CC2(C[C@@H](COCc3cccnc3)CCN2C)C1. The zero-order valence-electron chi connectivity index (χ0n) is 15.4. The van der Waals surface area contributed by atoms with E-state index in [-0.39, 0.29) is 10.8 Å². The Morgan fingerprint density at radius 2 is 2.16 bits per heavy atom. The van der Waals surface area contributed by atoms with Gasteiger partial charge in [-0.15, -0.1) is 0 Å². The first-order chi connectivity index (χ1) is 11.8. The number of ether oxygens (including phenoxy) is 1. The van der Waals surface area contributed by atoms with Gasteiger partial charge in [-0.25, -0.2) is 8.42 Å². The highest BCUT2D eigenvalue weighted by atomic mass is 32.2. The molecule has 0 amide bonds. The summed E-state index contributed by atoms with van der Waals surface area (Å²) in [7, 11) is -1.02. The van der Waals surface area contributed by atoms with E-state index in [0.29, 0.717) is 25.6 Å². The number of hydrogen-bond donors (Lipinski definition) is 0. The maximum Gasteiger partial charge on any atom is 0.216 e. The van der Waals surface area contributed by atoms with Gasteiger partial charge in [0.2, 0.25) is 10.0 Å². The van der Waals surface area contributed by atoms with E-state index >= 15 is 0 Å². The Morgan fingerprint density at radius 1 is 1.40 bits per heavy atom. The van der Waals surface area contributed by atoms with Crippen molar-refractivity contribution < 1.29 is 13.2 Å². The van der Waals surface area contributed by atoms with Gasteiger partial charge in [-0.2, -0.15) is 4.31 Å². The Balaban J connectivity index is 1.53. The maximum atomic E-state index is 12.3. The van der Waals surface area contributed by atoms with Crippen molar-refractivity contribution in [1.29, 1.82) is 0 Å². The van der Waals surface area contributed by atoms with E-state index in [1.807, 2.05) is 18.3 Å². The summed E-state index contributed by atoms with van der Waals surface area (Å²) < 4.78 is 32.2. The lowest BCUT2D eigenvalue weighted by Gasteiger charge is -2.58. The molecule has 2 aliphatic heterocycles. The molecule has 25 heavy (non-hydrogen) atoms. The maximum absolute atomic E-state index is 12.3. The molecule has 0 unspecified atom stereocenters. The molecule has 2 aliphatic rings. The first kappa shape index (κ1) is 18.8. The fraction of sp³-hybridized carbons (Fsp3) is 0.722. The van der Waals surface area contributed by atoms with Gasteiger partial charge < -0.3 is 4.74 Å². The van der Waals surface area contributed by atoms with Crippen molar-refractivity contribution in [3.8, 4) is 0 Å². The van der Waals surface area contributed by atoms with Crippen molar-refractivity contribution in [3.05, 3.63) is 30.1 Å². The molecule has 3 heterocycles. The summed E-state index contributed by atoms with van der Waals surface area (Å²) >= 11 is 0. The molecule has 0 bridgehead atoms. The van der Waals surface area contributed by atoms with Crippen LogP contribution in [-0.4, -0.2) is 66.7 Å². The second-order valence-corrected chi connectivity index (χ2v) is 10.2. The molecule has 1 aromatic heterocycles. The molecular formula is C18H29N3O3S. The molecule has 1 spiro atoms. The molecule has 0 aromatic carbocycles. The largest absolute Gasteiger partial charge is 0.376 e. The number of likely N-dealkylation sites (N-methyl/N-ethyl adjacent to an activating group) is 1. The van der Waals surface area contributed by atoms with Gasteiger partial charge in [0.05, 0.1) is 11.9 Å². The third kappa shape index (κ3) is 3.89. The third-order valence-corrected chi connectivity index (χ3v) is 7.76. The molecule has 2 fully saturated rings. The minimum Gasteiger partial charge on any atom is -0.376 e. The Morgan fingerprint density at radius 3 is 2.80 bits per heavy atom. The van der Waals surface area contributed by atoms with Crippen LogP contribution >= 0.6 is 0 Å². The molecule has 7 heteroatoms. The second kappa shape index (κ2) is 7.31. The summed E-state index contributed by atoms with van der Waals surface area (Å²) in [6.07, 6.45) is 5.69. The van der Waals surface area contributed by atoms with E-state index in [9.17, 15) is 8.42 Å². The van der Waals surface area contributed by atoms with Crippen molar-refractivity contribution in [2.24, 2.45) is 5.92 Å². The number of hydrogen-bond acceptors (Lipinski definition) is 5. The van der Waals surface area contributed by atoms with Crippen LogP contribution in [0, 0.1) is 5.92 Å². The minimum atomic E-state index is -3.14. The van der Waals surface area contributed by atoms with Crippen LogP contribution in [0.15, 0.2) is 24.5 Å². The van der Waals surface area contributed by atoms with E-state index in [1.165, 1.54) is 0 Å². The zero-order valence-corrected chi connectivity index (χ0v) is 16.2. The quantitative estimate of drug-likeness (QED) is 0.766. The predicted molar refractivity (Wildman–Crippen MR) is 97.6 cm³/mol. The van der Waals surface area contributed by atoms with Crippen LogP contribution in [-0.2, 0) is 21.4 Å². The molecule has 1 atom stereocenters. The van der Waals surface area contributed by atoms with Crippen molar-refractivity contribution in [3.63, 3.8) is 0 Å². The van der Waals surface area contributed by atoms with Crippen molar-refractivity contribution in [1.82, 2.24) is 14.2 Å². The highest BCUT2D eigenvalue weighted by Gasteiger charge is 2.53. The molecule has 140 valence electrons. The highest BCUT2D eigenvalue weighted by Crippen LogP contribution is 2.40. The molecule has 3 rings (SSSR count). The average molecular weight is 368 g/mol. The van der Waals surface area contributed by atoms with Crippen LogP contribution in [0.5, 0.6) is 0 Å². The van der Waals surface area contributed by atoms with E-state index in [4.69, 9.17) is 4.74 Å². The predicted octanol–water partition coefficient (Wildman–Crippen LogP) is 1.73. The minimum absolute atomic E-state index is 0.0114. The smallest absolute Gasteiger partial charge is 0.216 e. The van der Waals surface area contributed by atoms with Crippen LogP contribution < -0.4 is 0 Å². The Labute approximate surface area is 151 Å². The van der Waals surface area contributed by atoms with Crippen LogP contribution in [0.2, 0.25) is 0 Å². The molecule has 0 N–H and O–H groups in total. The fourth-order valence-electron chi connectivity index (χ4n) is 3.84. The molecular weight excluding hydrogens is 338 g/mol. The van der Waals surface area contributed by atoms with Crippen LogP contribution in [0.4, 0.5) is 0 Å². The summed E-state index contributed by atoms with van der Waals surface area (Å²) in [5.41, 5.74) is 1.07. The van der Waals surface area contributed by atoms with Gasteiger partial charge >= 0.3 is 0 Å². The summed E-state index contributed by atoms with van der Waals surface area (Å²) in [5, 5.41) is -0.350. The second-order valence-electron chi connectivity index (χ2n) is 7.74. The molecule has 1 aromatic rings. The van der Waals surface area contributed by atoms with E-state index < -0.39 is 10.0 Å². The number of likely N-dealkylation sites (tertiary alicyclic amines) is 1. The van der Waals surface area contributed by atoms with E-state index in [1.54, 1.807) is 24.3 Å². The molecule has 0 aliphatic carbocycles. The van der Waals surface area contributed by atoms with Crippen LogP contribution in [0.3, 0.4) is 0 Å². The lowest BCUT2D eigenvalue weighted by molar-refractivity contribution is -0.0602. The summed E-state index contributed by atoms with van der Waals surface area (Å²) in [4.78, 5) is 6.45. The fourth-order valence-corrected chi connectivity index (χ4v) is 5.27. The van der Waals surface area contributed by atoms with Gasteiger partial charge in [0.25, 0.3) is 0 Å². The van der Waals surface area contributed by atoms with Crippen LogP contribution in [0.25, 0.3) is 0 Å². The summed E-state index contributed by atoms with van der Waals surface area (Å²) in [6, 6.07) is 3.94. The van der Waals surface area contributed by atoms with E-state index in [0.717, 1.165) is 31.6 Å². The van der Waals surface area contributed by atoms with Gasteiger partial charge in [-0.1, -0.05) is 6.07 Å². The van der Waals surface area contributed by atoms with Gasteiger partial charge in [-0.3, -0.25) is 9.88 Å². The highest BCUT2D eigenvalue weighted by molar-refractivity contribution is 7.89. The normalized spacial score (nSPS) is 24.6. The lowest BCUT2D eigenvalue weighted by Crippen LogP contribution is -2.73.